The van der Waals surface area contributed by atoms with Crippen molar-refractivity contribution in [2.45, 2.75) is 32.1 Å². The number of aryl methyl sites for hydroxylation is 3. The van der Waals surface area contributed by atoms with Crippen molar-refractivity contribution >= 4 is 5.69 Å². The lowest BCUT2D eigenvalue weighted by Crippen LogP contribution is -2.11. The first-order valence-corrected chi connectivity index (χ1v) is 7.84. The van der Waals surface area contributed by atoms with Crippen molar-refractivity contribution in [1.82, 2.24) is 0 Å². The zero-order chi connectivity index (χ0) is 14.5. The Morgan fingerprint density at radius 2 is 1.76 bits per heavy atom. The fourth-order valence-corrected chi connectivity index (χ4v) is 2.97. The molecule has 1 N–H and O–H groups in total. The average Bonchev–Trinajstić information content (AvgIpc) is 2.55. The third-order valence-electron chi connectivity index (χ3n) is 4.20. The Kier molecular flexibility index (Phi) is 4.44. The van der Waals surface area contributed by atoms with Crippen LogP contribution in [0.1, 0.15) is 29.5 Å². The lowest BCUT2D eigenvalue weighted by molar-refractivity contribution is 0.414. The van der Waals surface area contributed by atoms with Crippen molar-refractivity contribution in [2.75, 3.05) is 19.0 Å². The van der Waals surface area contributed by atoms with Crippen LogP contribution in [0.3, 0.4) is 0 Å². The van der Waals surface area contributed by atoms with Gasteiger partial charge < -0.3 is 10.1 Å². The molecule has 1 heterocycles. The van der Waals surface area contributed by atoms with Gasteiger partial charge in [-0.1, -0.05) is 24.3 Å². The zero-order valence-corrected chi connectivity index (χ0v) is 12.7. The Balaban J connectivity index is 1.55. The van der Waals surface area contributed by atoms with E-state index in [-0.39, 0.29) is 0 Å². The third kappa shape index (κ3) is 3.57. The summed E-state index contributed by atoms with van der Waals surface area (Å²) in [5, 5.41) is 3.47. The molecule has 0 fully saturated rings. The molecule has 0 atom stereocenters. The van der Waals surface area contributed by atoms with E-state index in [4.69, 9.17) is 4.74 Å². The van der Waals surface area contributed by atoms with Gasteiger partial charge in [0.05, 0.1) is 7.11 Å². The van der Waals surface area contributed by atoms with Crippen molar-refractivity contribution in [3.8, 4) is 5.75 Å². The molecule has 0 aromatic heterocycles. The van der Waals surface area contributed by atoms with Crippen LogP contribution in [0.5, 0.6) is 5.75 Å². The first-order valence-electron chi connectivity index (χ1n) is 7.84. The highest BCUT2D eigenvalue weighted by Crippen LogP contribution is 2.23. The zero-order valence-electron chi connectivity index (χ0n) is 12.7. The van der Waals surface area contributed by atoms with Crippen LogP contribution in [0.15, 0.2) is 42.5 Å². The van der Waals surface area contributed by atoms with Crippen LogP contribution in [0.2, 0.25) is 0 Å². The molecule has 2 nitrogen and oxygen atoms in total. The van der Waals surface area contributed by atoms with Crippen LogP contribution in [0.25, 0.3) is 0 Å². The summed E-state index contributed by atoms with van der Waals surface area (Å²) in [6.07, 6.45) is 5.94. The average molecular weight is 281 g/mol. The van der Waals surface area contributed by atoms with Crippen molar-refractivity contribution in [1.29, 1.82) is 0 Å². The molecule has 1 aliphatic heterocycles. The van der Waals surface area contributed by atoms with Gasteiger partial charge in [-0.15, -0.1) is 0 Å². The van der Waals surface area contributed by atoms with E-state index in [2.05, 4.69) is 35.6 Å². The van der Waals surface area contributed by atoms with Crippen molar-refractivity contribution < 1.29 is 4.74 Å². The maximum atomic E-state index is 5.19. The number of ether oxygens (including phenoxy) is 1. The van der Waals surface area contributed by atoms with Gasteiger partial charge in [0.15, 0.2) is 0 Å². The summed E-state index contributed by atoms with van der Waals surface area (Å²) >= 11 is 0. The molecule has 0 saturated heterocycles. The summed E-state index contributed by atoms with van der Waals surface area (Å²) in [7, 11) is 1.71. The summed E-state index contributed by atoms with van der Waals surface area (Å²) in [5.41, 5.74) is 5.67. The Labute approximate surface area is 127 Å². The molecule has 0 amide bonds. The fourth-order valence-electron chi connectivity index (χ4n) is 2.97. The van der Waals surface area contributed by atoms with Crippen LogP contribution in [-0.4, -0.2) is 13.7 Å². The molecular formula is C19H23NO. The number of benzene rings is 2. The lowest BCUT2D eigenvalue weighted by atomic mass is 9.97. The van der Waals surface area contributed by atoms with E-state index in [1.165, 1.54) is 41.6 Å². The molecule has 3 rings (SSSR count). The second kappa shape index (κ2) is 6.66. The van der Waals surface area contributed by atoms with E-state index in [1.54, 1.807) is 7.11 Å². The first-order chi connectivity index (χ1) is 10.3. The van der Waals surface area contributed by atoms with Crippen LogP contribution in [0, 0.1) is 0 Å². The normalized spacial score (nSPS) is 13.4. The molecule has 1 aliphatic rings. The summed E-state index contributed by atoms with van der Waals surface area (Å²) in [4.78, 5) is 0. The van der Waals surface area contributed by atoms with Crippen LogP contribution < -0.4 is 10.1 Å². The molecule has 110 valence electrons. The topological polar surface area (TPSA) is 21.3 Å². The van der Waals surface area contributed by atoms with Crippen molar-refractivity contribution in [2.24, 2.45) is 0 Å². The molecule has 0 spiro atoms. The SMILES string of the molecule is COc1ccc(CCCc2ccc3c(c2)CCCN3)cc1. The van der Waals surface area contributed by atoms with Gasteiger partial charge in [-0.05, 0) is 67.0 Å². The summed E-state index contributed by atoms with van der Waals surface area (Å²) in [6.45, 7) is 1.11. The minimum Gasteiger partial charge on any atom is -0.497 e. The third-order valence-corrected chi connectivity index (χ3v) is 4.20. The second-order valence-corrected chi connectivity index (χ2v) is 5.72. The molecule has 21 heavy (non-hydrogen) atoms. The highest BCUT2D eigenvalue weighted by molar-refractivity contribution is 5.54. The van der Waals surface area contributed by atoms with E-state index in [1.807, 2.05) is 12.1 Å². The van der Waals surface area contributed by atoms with Crippen LogP contribution in [0.4, 0.5) is 5.69 Å². The molecule has 0 radical (unpaired) electrons. The Morgan fingerprint density at radius 1 is 1.00 bits per heavy atom. The van der Waals surface area contributed by atoms with Crippen LogP contribution in [-0.2, 0) is 19.3 Å². The van der Waals surface area contributed by atoms with Gasteiger partial charge in [0.25, 0.3) is 0 Å². The predicted octanol–water partition coefficient (Wildman–Crippen LogP) is 4.23. The van der Waals surface area contributed by atoms with Gasteiger partial charge in [0.2, 0.25) is 0 Å². The first kappa shape index (κ1) is 14.0. The Morgan fingerprint density at radius 3 is 2.57 bits per heavy atom. The quantitative estimate of drug-likeness (QED) is 0.885. The molecular weight excluding hydrogens is 258 g/mol. The van der Waals surface area contributed by atoms with E-state index in [9.17, 15) is 0 Å². The molecule has 2 aromatic rings. The van der Waals surface area contributed by atoms with Crippen molar-refractivity contribution in [3.05, 3.63) is 59.2 Å². The molecule has 2 aromatic carbocycles. The van der Waals surface area contributed by atoms with E-state index >= 15 is 0 Å². The number of hydrogen-bond donors (Lipinski definition) is 1. The number of rotatable bonds is 5. The highest BCUT2D eigenvalue weighted by Gasteiger charge is 2.08. The standard InChI is InChI=1S/C19H23NO/c1-21-18-10-7-15(8-11-18)4-2-5-16-9-12-19-17(14-16)6-3-13-20-19/h7-12,14,20H,2-6,13H2,1H3. The number of hydrogen-bond acceptors (Lipinski definition) is 2. The number of nitrogens with one attached hydrogen (secondary N) is 1. The van der Waals surface area contributed by atoms with Gasteiger partial charge in [-0.3, -0.25) is 0 Å². The Bertz CT molecular complexity index is 589. The smallest absolute Gasteiger partial charge is 0.118 e. The maximum Gasteiger partial charge on any atom is 0.118 e. The van der Waals surface area contributed by atoms with Gasteiger partial charge in [0.1, 0.15) is 5.75 Å². The van der Waals surface area contributed by atoms with Gasteiger partial charge in [-0.2, -0.15) is 0 Å². The summed E-state index contributed by atoms with van der Waals surface area (Å²) in [5.74, 6) is 0.931. The second-order valence-electron chi connectivity index (χ2n) is 5.72. The number of fused-ring (bicyclic) bond motifs is 1. The predicted molar refractivity (Wildman–Crippen MR) is 88.3 cm³/mol. The minimum atomic E-state index is 0.931. The van der Waals surface area contributed by atoms with E-state index < -0.39 is 0 Å². The highest BCUT2D eigenvalue weighted by atomic mass is 16.5. The van der Waals surface area contributed by atoms with E-state index in [0.29, 0.717) is 0 Å². The molecule has 0 bridgehead atoms. The fraction of sp³-hybridized carbons (Fsp3) is 0.368. The van der Waals surface area contributed by atoms with E-state index in [0.717, 1.165) is 25.1 Å². The monoisotopic (exact) mass is 281 g/mol. The molecule has 0 unspecified atom stereocenters. The van der Waals surface area contributed by atoms with Gasteiger partial charge in [0, 0.05) is 12.2 Å². The number of anilines is 1. The molecule has 0 aliphatic carbocycles. The maximum absolute atomic E-state index is 5.19. The summed E-state index contributed by atoms with van der Waals surface area (Å²) in [6, 6.07) is 15.3. The lowest BCUT2D eigenvalue weighted by Gasteiger charge is -2.18. The Hall–Kier alpha value is -1.96. The molecule has 0 saturated carbocycles. The summed E-state index contributed by atoms with van der Waals surface area (Å²) < 4.78 is 5.19. The number of methoxy groups -OCH3 is 1. The minimum absolute atomic E-state index is 0.931. The molecule has 2 heteroatoms. The van der Waals surface area contributed by atoms with Gasteiger partial charge in [-0.25, -0.2) is 0 Å². The van der Waals surface area contributed by atoms with Gasteiger partial charge >= 0.3 is 0 Å². The van der Waals surface area contributed by atoms with Crippen molar-refractivity contribution in [3.63, 3.8) is 0 Å². The van der Waals surface area contributed by atoms with Crippen LogP contribution >= 0.6 is 0 Å². The largest absolute Gasteiger partial charge is 0.497 e.